The molecule has 3 heteroatoms. The summed E-state index contributed by atoms with van der Waals surface area (Å²) in [4.78, 5) is 14.4. The van der Waals surface area contributed by atoms with E-state index in [1.807, 2.05) is 30.1 Å². The predicted molar refractivity (Wildman–Crippen MR) is 77.7 cm³/mol. The number of hydrogen-bond acceptors (Lipinski definition) is 2. The van der Waals surface area contributed by atoms with Gasteiger partial charge in [-0.3, -0.25) is 4.79 Å². The highest BCUT2D eigenvalue weighted by Gasteiger charge is 2.38. The fourth-order valence-corrected chi connectivity index (χ4v) is 2.79. The molecule has 0 aromatic heterocycles. The predicted octanol–water partition coefficient (Wildman–Crippen LogP) is 2.42. The Morgan fingerprint density at radius 2 is 2.05 bits per heavy atom. The van der Waals surface area contributed by atoms with E-state index in [9.17, 15) is 4.79 Å². The van der Waals surface area contributed by atoms with Gasteiger partial charge < -0.3 is 10.2 Å². The second kappa shape index (κ2) is 5.74. The normalized spacial score (nSPS) is 21.9. The van der Waals surface area contributed by atoms with Crippen molar-refractivity contribution in [1.82, 2.24) is 10.2 Å². The van der Waals surface area contributed by atoms with E-state index in [0.29, 0.717) is 6.54 Å². The second-order valence-corrected chi connectivity index (χ2v) is 6.16. The van der Waals surface area contributed by atoms with Gasteiger partial charge in [0.25, 0.3) is 0 Å². The molecule has 0 aliphatic carbocycles. The molecule has 1 heterocycles. The van der Waals surface area contributed by atoms with Gasteiger partial charge in [0, 0.05) is 13.6 Å². The number of hydrogen-bond donors (Lipinski definition) is 1. The van der Waals surface area contributed by atoms with Crippen molar-refractivity contribution in [2.75, 3.05) is 13.6 Å². The summed E-state index contributed by atoms with van der Waals surface area (Å²) in [6.07, 6.45) is 2.26. The van der Waals surface area contributed by atoms with E-state index in [1.165, 1.54) is 5.56 Å². The number of piperidine rings is 1. The molecular weight excluding hydrogens is 236 g/mol. The van der Waals surface area contributed by atoms with Crippen molar-refractivity contribution in [3.8, 4) is 0 Å². The Hall–Kier alpha value is -1.35. The number of likely N-dealkylation sites (N-methyl/N-ethyl adjacent to an activating group) is 1. The van der Waals surface area contributed by atoms with Gasteiger partial charge in [0.1, 0.15) is 0 Å². The van der Waals surface area contributed by atoms with Crippen LogP contribution in [-0.4, -0.2) is 30.4 Å². The van der Waals surface area contributed by atoms with Crippen molar-refractivity contribution in [2.45, 2.75) is 39.3 Å². The van der Waals surface area contributed by atoms with E-state index >= 15 is 0 Å². The van der Waals surface area contributed by atoms with Gasteiger partial charge in [0.05, 0.1) is 6.04 Å². The smallest absolute Gasteiger partial charge is 0.240 e. The zero-order valence-electron chi connectivity index (χ0n) is 12.1. The molecule has 1 amide bonds. The lowest BCUT2D eigenvalue weighted by atomic mass is 9.77. The van der Waals surface area contributed by atoms with Crippen molar-refractivity contribution in [2.24, 2.45) is 5.41 Å². The molecule has 3 nitrogen and oxygen atoms in total. The molecule has 0 radical (unpaired) electrons. The van der Waals surface area contributed by atoms with E-state index in [-0.39, 0.29) is 17.4 Å². The van der Waals surface area contributed by atoms with Gasteiger partial charge in [-0.1, -0.05) is 44.2 Å². The van der Waals surface area contributed by atoms with Crippen LogP contribution in [0.4, 0.5) is 0 Å². The molecule has 1 aliphatic heterocycles. The number of benzene rings is 1. The molecule has 19 heavy (non-hydrogen) atoms. The van der Waals surface area contributed by atoms with Crippen LogP contribution in [0.3, 0.4) is 0 Å². The fourth-order valence-electron chi connectivity index (χ4n) is 2.79. The Balaban J connectivity index is 2.02. The number of nitrogens with one attached hydrogen (secondary N) is 1. The number of amides is 1. The van der Waals surface area contributed by atoms with Crippen LogP contribution in [0.5, 0.6) is 0 Å². The van der Waals surface area contributed by atoms with Gasteiger partial charge in [0.15, 0.2) is 0 Å². The van der Waals surface area contributed by atoms with Crippen LogP contribution in [0, 0.1) is 5.41 Å². The molecule has 1 fully saturated rings. The average molecular weight is 260 g/mol. The zero-order valence-corrected chi connectivity index (χ0v) is 12.1. The van der Waals surface area contributed by atoms with Gasteiger partial charge in [-0.2, -0.15) is 0 Å². The molecule has 1 atom stereocenters. The van der Waals surface area contributed by atoms with E-state index in [2.05, 4.69) is 31.3 Å². The van der Waals surface area contributed by atoms with Crippen molar-refractivity contribution >= 4 is 5.91 Å². The van der Waals surface area contributed by atoms with Gasteiger partial charge in [-0.15, -0.1) is 0 Å². The highest BCUT2D eigenvalue weighted by Crippen LogP contribution is 2.31. The van der Waals surface area contributed by atoms with Crippen LogP contribution in [0.1, 0.15) is 32.3 Å². The van der Waals surface area contributed by atoms with Crippen LogP contribution >= 0.6 is 0 Å². The van der Waals surface area contributed by atoms with Crippen LogP contribution in [0.2, 0.25) is 0 Å². The summed E-state index contributed by atoms with van der Waals surface area (Å²) in [5, 5.41) is 3.38. The Morgan fingerprint density at radius 3 is 2.68 bits per heavy atom. The Morgan fingerprint density at radius 1 is 1.37 bits per heavy atom. The van der Waals surface area contributed by atoms with Crippen molar-refractivity contribution in [3.63, 3.8) is 0 Å². The summed E-state index contributed by atoms with van der Waals surface area (Å²) in [5.74, 6) is 0.202. The molecule has 1 aromatic carbocycles. The summed E-state index contributed by atoms with van der Waals surface area (Å²) in [6.45, 7) is 5.98. The molecule has 1 saturated heterocycles. The van der Waals surface area contributed by atoms with E-state index in [4.69, 9.17) is 0 Å². The fraction of sp³-hybridized carbons (Fsp3) is 0.562. The minimum absolute atomic E-state index is 0.0419. The Bertz CT molecular complexity index is 428. The van der Waals surface area contributed by atoms with Crippen LogP contribution in [0.25, 0.3) is 0 Å². The summed E-state index contributed by atoms with van der Waals surface area (Å²) >= 11 is 0. The SMILES string of the molecule is CN(Cc1ccccc1)C(=O)C1NCCCC1(C)C. The molecule has 1 unspecified atom stereocenters. The highest BCUT2D eigenvalue weighted by atomic mass is 16.2. The first-order valence-electron chi connectivity index (χ1n) is 7.03. The minimum Gasteiger partial charge on any atom is -0.340 e. The summed E-state index contributed by atoms with van der Waals surface area (Å²) in [6, 6.07) is 10.1. The molecule has 0 saturated carbocycles. The Labute approximate surface area is 116 Å². The van der Waals surface area contributed by atoms with E-state index < -0.39 is 0 Å². The maximum atomic E-state index is 12.6. The van der Waals surface area contributed by atoms with E-state index in [0.717, 1.165) is 19.4 Å². The maximum Gasteiger partial charge on any atom is 0.240 e. The third-order valence-corrected chi connectivity index (χ3v) is 4.01. The summed E-state index contributed by atoms with van der Waals surface area (Å²) in [7, 11) is 1.89. The molecule has 1 aromatic rings. The van der Waals surface area contributed by atoms with Gasteiger partial charge >= 0.3 is 0 Å². The summed E-state index contributed by atoms with van der Waals surface area (Å²) < 4.78 is 0. The van der Waals surface area contributed by atoms with Crippen molar-refractivity contribution in [3.05, 3.63) is 35.9 Å². The van der Waals surface area contributed by atoms with Gasteiger partial charge in [-0.05, 0) is 30.4 Å². The molecule has 1 N–H and O–H groups in total. The lowest BCUT2D eigenvalue weighted by Gasteiger charge is -2.40. The number of rotatable bonds is 3. The second-order valence-electron chi connectivity index (χ2n) is 6.16. The lowest BCUT2D eigenvalue weighted by molar-refractivity contribution is -0.136. The molecule has 104 valence electrons. The van der Waals surface area contributed by atoms with Crippen LogP contribution in [0.15, 0.2) is 30.3 Å². The summed E-state index contributed by atoms with van der Waals surface area (Å²) in [5.41, 5.74) is 1.22. The standard InChI is InChI=1S/C16H24N2O/c1-16(2)10-7-11-17-14(16)15(19)18(3)12-13-8-5-4-6-9-13/h4-6,8-9,14,17H,7,10-12H2,1-3H3. The van der Waals surface area contributed by atoms with Crippen LogP contribution < -0.4 is 5.32 Å². The quantitative estimate of drug-likeness (QED) is 0.905. The van der Waals surface area contributed by atoms with Crippen molar-refractivity contribution in [1.29, 1.82) is 0 Å². The molecule has 0 bridgehead atoms. The van der Waals surface area contributed by atoms with Gasteiger partial charge in [0.2, 0.25) is 5.91 Å². The topological polar surface area (TPSA) is 32.3 Å². The first-order chi connectivity index (χ1) is 9.00. The minimum atomic E-state index is -0.0602. The first-order valence-corrected chi connectivity index (χ1v) is 7.03. The maximum absolute atomic E-state index is 12.6. The lowest BCUT2D eigenvalue weighted by Crippen LogP contribution is -2.55. The highest BCUT2D eigenvalue weighted by molar-refractivity contribution is 5.82. The molecule has 1 aliphatic rings. The molecular formula is C16H24N2O. The Kier molecular flexibility index (Phi) is 4.25. The third-order valence-electron chi connectivity index (χ3n) is 4.01. The average Bonchev–Trinajstić information content (AvgIpc) is 2.38. The monoisotopic (exact) mass is 260 g/mol. The number of carbonyl (C=O) groups is 1. The van der Waals surface area contributed by atoms with Crippen molar-refractivity contribution < 1.29 is 4.79 Å². The first kappa shape index (κ1) is 14.1. The number of nitrogens with zero attached hydrogens (tertiary/aromatic N) is 1. The van der Waals surface area contributed by atoms with Crippen LogP contribution in [-0.2, 0) is 11.3 Å². The molecule has 2 rings (SSSR count). The molecule has 0 spiro atoms. The van der Waals surface area contributed by atoms with E-state index in [1.54, 1.807) is 0 Å². The third kappa shape index (κ3) is 3.35. The zero-order chi connectivity index (χ0) is 13.9. The number of carbonyl (C=O) groups excluding carboxylic acids is 1. The largest absolute Gasteiger partial charge is 0.340 e. The van der Waals surface area contributed by atoms with Gasteiger partial charge in [-0.25, -0.2) is 0 Å².